The van der Waals surface area contributed by atoms with Gasteiger partial charge in [-0.25, -0.2) is 4.79 Å². The van der Waals surface area contributed by atoms with Gasteiger partial charge in [0.15, 0.2) is 0 Å². The number of carboxylic acids is 1. The third kappa shape index (κ3) is 13.7. The molecule has 17 nitrogen and oxygen atoms in total. The molecule has 2 fully saturated rings. The number of hydrogen-bond acceptors (Lipinski definition) is 10. The van der Waals surface area contributed by atoms with Crippen molar-refractivity contribution in [1.29, 1.82) is 0 Å². The zero-order valence-electron chi connectivity index (χ0n) is 41.7. The van der Waals surface area contributed by atoms with Gasteiger partial charge in [0.05, 0.1) is 36.6 Å². The average Bonchev–Trinajstić information content (AvgIpc) is 3.84. The summed E-state index contributed by atoms with van der Waals surface area (Å²) in [6.45, 7) is 13.2. The van der Waals surface area contributed by atoms with Crippen LogP contribution < -0.4 is 10.6 Å². The highest BCUT2D eigenvalue weighted by Crippen LogP contribution is 2.50. The number of carbonyl (C=O) groups excluding carboxylic acids is 7. The Labute approximate surface area is 407 Å². The Bertz CT molecular complexity index is 2000. The van der Waals surface area contributed by atoms with Crippen molar-refractivity contribution in [2.24, 2.45) is 29.6 Å². The van der Waals surface area contributed by atoms with E-state index >= 15 is 0 Å². The first-order valence-corrected chi connectivity index (χ1v) is 24.5. The molecule has 1 saturated heterocycles. The Morgan fingerprint density at radius 1 is 0.853 bits per heavy atom. The number of amides is 7. The van der Waals surface area contributed by atoms with E-state index in [0.717, 1.165) is 6.42 Å². The molecule has 1 aromatic rings. The highest BCUT2D eigenvalue weighted by molar-refractivity contribution is 6.31. The molecule has 1 aliphatic carbocycles. The zero-order valence-corrected chi connectivity index (χ0v) is 42.5. The molecule has 378 valence electrons. The van der Waals surface area contributed by atoms with Crippen molar-refractivity contribution < 1.29 is 52.9 Å². The number of unbranched alkanes of at least 4 members (excludes halogenated alkanes) is 2. The van der Waals surface area contributed by atoms with Crippen LogP contribution in [0.15, 0.2) is 36.4 Å². The monoisotopic (exact) mass is 971 g/mol. The molecule has 68 heavy (non-hydrogen) atoms. The molecular weight excluding hydrogens is 896 g/mol. The largest absolute Gasteiger partial charge is 0.480 e. The number of imide groups is 1. The maximum Gasteiger partial charge on any atom is 0.326 e. The normalized spacial score (nSPS) is 21.1. The number of carbonyl (C=O) groups is 8. The quantitative estimate of drug-likeness (QED) is 0.0827. The van der Waals surface area contributed by atoms with Crippen molar-refractivity contribution in [2.45, 2.75) is 155 Å². The Hall–Kier alpha value is -4.87. The molecule has 11 atom stereocenters. The van der Waals surface area contributed by atoms with Crippen LogP contribution in [0, 0.1) is 29.6 Å². The molecule has 3 aliphatic rings. The third-order valence-corrected chi connectivity index (χ3v) is 14.6. The summed E-state index contributed by atoms with van der Waals surface area (Å²) >= 11 is 6.31. The number of hydrogen-bond donors (Lipinski definition) is 3. The molecule has 7 amide bonds. The van der Waals surface area contributed by atoms with Crippen molar-refractivity contribution in [3.63, 3.8) is 0 Å². The maximum absolute atomic E-state index is 14.6. The topological polar surface area (TPSA) is 212 Å². The number of nitrogens with one attached hydrogen (secondary N) is 2. The van der Waals surface area contributed by atoms with Gasteiger partial charge < -0.3 is 39.9 Å². The van der Waals surface area contributed by atoms with E-state index in [1.54, 1.807) is 55.1 Å². The molecule has 0 spiro atoms. The summed E-state index contributed by atoms with van der Waals surface area (Å²) in [5.74, 6) is -5.12. The van der Waals surface area contributed by atoms with Gasteiger partial charge in [-0.05, 0) is 61.0 Å². The van der Waals surface area contributed by atoms with E-state index in [2.05, 4.69) is 10.6 Å². The minimum Gasteiger partial charge on any atom is -0.480 e. The van der Waals surface area contributed by atoms with Crippen LogP contribution in [0.2, 0.25) is 5.02 Å². The van der Waals surface area contributed by atoms with Crippen LogP contribution in [0.25, 0.3) is 0 Å². The lowest BCUT2D eigenvalue weighted by atomic mass is 9.89. The molecule has 2 aliphatic heterocycles. The number of rotatable bonds is 27. The van der Waals surface area contributed by atoms with Crippen LogP contribution in [0.4, 0.5) is 0 Å². The van der Waals surface area contributed by atoms with Gasteiger partial charge in [-0.1, -0.05) is 91.1 Å². The number of nitrogens with zero attached hydrogens (tertiary/aromatic N) is 4. The third-order valence-electron chi connectivity index (χ3n) is 14.2. The predicted molar refractivity (Wildman–Crippen MR) is 256 cm³/mol. The minimum absolute atomic E-state index is 0.0194. The fourth-order valence-corrected chi connectivity index (χ4v) is 10.2. The summed E-state index contributed by atoms with van der Waals surface area (Å²) in [6, 6.07) is 2.63. The number of aliphatic carboxylic acids is 1. The molecule has 2 heterocycles. The van der Waals surface area contributed by atoms with E-state index < -0.39 is 66.1 Å². The fourth-order valence-electron chi connectivity index (χ4n) is 10.00. The van der Waals surface area contributed by atoms with Gasteiger partial charge in [0, 0.05) is 70.9 Å². The molecule has 18 heteroatoms. The van der Waals surface area contributed by atoms with Gasteiger partial charge in [0.1, 0.15) is 18.1 Å². The first-order chi connectivity index (χ1) is 32.1. The van der Waals surface area contributed by atoms with Gasteiger partial charge in [0.25, 0.3) is 11.8 Å². The molecular formula is C50H75ClN6O11. The highest BCUT2D eigenvalue weighted by atomic mass is 35.5. The first kappa shape index (κ1) is 55.7. The highest BCUT2D eigenvalue weighted by Gasteiger charge is 2.57. The number of fused-ring (bicyclic) bond motifs is 1. The number of ether oxygens (including phenoxy) is 2. The number of carboxylic acid groups (broad SMARTS) is 1. The van der Waals surface area contributed by atoms with Gasteiger partial charge in [-0.2, -0.15) is 0 Å². The summed E-state index contributed by atoms with van der Waals surface area (Å²) in [7, 11) is 6.22. The van der Waals surface area contributed by atoms with E-state index in [9.17, 15) is 43.5 Å². The number of benzene rings is 1. The summed E-state index contributed by atoms with van der Waals surface area (Å²) in [5.41, 5.74) is 0.579. The van der Waals surface area contributed by atoms with Gasteiger partial charge >= 0.3 is 5.97 Å². The van der Waals surface area contributed by atoms with Crippen LogP contribution >= 0.6 is 11.6 Å². The van der Waals surface area contributed by atoms with Crippen molar-refractivity contribution in [3.05, 3.63) is 47.0 Å². The van der Waals surface area contributed by atoms with E-state index in [1.807, 2.05) is 41.5 Å². The lowest BCUT2D eigenvalue weighted by molar-refractivity contribution is -0.149. The Morgan fingerprint density at radius 3 is 2.06 bits per heavy atom. The van der Waals surface area contributed by atoms with Crippen molar-refractivity contribution in [2.75, 3.05) is 34.9 Å². The van der Waals surface area contributed by atoms with E-state index in [1.165, 1.54) is 36.2 Å². The lowest BCUT2D eigenvalue weighted by Gasteiger charge is -2.41. The van der Waals surface area contributed by atoms with E-state index in [4.69, 9.17) is 21.1 Å². The number of halogens is 1. The van der Waals surface area contributed by atoms with Crippen LogP contribution in [0.5, 0.6) is 0 Å². The second-order valence-corrected chi connectivity index (χ2v) is 20.0. The Kier molecular flexibility index (Phi) is 20.6. The van der Waals surface area contributed by atoms with Crippen LogP contribution in [-0.4, -0.2) is 155 Å². The number of piperidine rings is 1. The second-order valence-electron chi connectivity index (χ2n) is 19.6. The molecule has 3 N–H and O–H groups in total. The van der Waals surface area contributed by atoms with Crippen molar-refractivity contribution >= 4 is 58.9 Å². The van der Waals surface area contributed by atoms with Gasteiger partial charge in [-0.3, -0.25) is 38.5 Å². The molecule has 0 aromatic heterocycles. The first-order valence-electron chi connectivity index (χ1n) is 24.1. The number of methoxy groups -OCH3 is 2. The Balaban J connectivity index is 1.44. The summed E-state index contributed by atoms with van der Waals surface area (Å²) in [4.78, 5) is 112. The smallest absolute Gasteiger partial charge is 0.326 e. The molecule has 1 saturated carbocycles. The van der Waals surface area contributed by atoms with Crippen LogP contribution in [0.3, 0.4) is 0 Å². The fraction of sp³-hybridized carbons (Fsp3) is 0.680. The maximum atomic E-state index is 14.6. The standard InChI is InChI=1S/C50H75ClN6O11/c1-12-30(6)45(55(9)49(64)43(28(2)3)53-48(63)44(29(4)5)54(8)39(58)20-14-13-17-23-56-40(59)21-22-41(56)60)38(67-10)27-42(61)57-36-25-33(36)26-37(57)46(68-11)31(7)47(62)52-35(50(65)66)24-32-18-15-16-19-34(32)51/h15-16,18-19,21-22,28-31,33,35-38,43-46H,12-14,17,20,23-27H2,1-11H3,(H,52,62)(H,53,63)(H,65,66)/t30-,31+,33+,35-,36?,37-,38?,43-,44-,45?,46+/m0/s1. The molecule has 4 rings (SSSR count). The zero-order chi connectivity index (χ0) is 50.7. The number of likely N-dealkylation sites (N-methyl/N-ethyl adjacent to an activating group) is 2. The van der Waals surface area contributed by atoms with Crippen molar-refractivity contribution in [1.82, 2.24) is 30.2 Å². The van der Waals surface area contributed by atoms with E-state index in [-0.39, 0.29) is 85.1 Å². The number of likely N-dealkylation sites (tertiary alicyclic amines) is 1. The molecule has 3 unspecified atom stereocenters. The predicted octanol–water partition coefficient (Wildman–Crippen LogP) is 4.48. The average molecular weight is 972 g/mol. The SMILES string of the molecule is CC[C@H](C)C(C(CC(=O)N1C2C[C@@H]2C[C@H]1[C@H](OC)[C@@H](C)C(=O)N[C@@H](Cc1ccccc1Cl)C(=O)O)OC)N(C)C(=O)[C@@H](NC(=O)[C@H](C(C)C)N(C)C(=O)CCCCCN1C(=O)C=CC1=O)C(C)C. The van der Waals surface area contributed by atoms with Gasteiger partial charge in [-0.15, -0.1) is 0 Å². The van der Waals surface area contributed by atoms with Crippen LogP contribution in [0.1, 0.15) is 105 Å². The summed E-state index contributed by atoms with van der Waals surface area (Å²) in [5, 5.41) is 16.1. The molecule has 0 bridgehead atoms. The Morgan fingerprint density at radius 2 is 1.50 bits per heavy atom. The lowest BCUT2D eigenvalue weighted by Crippen LogP contribution is -2.60. The van der Waals surface area contributed by atoms with E-state index in [0.29, 0.717) is 42.7 Å². The van der Waals surface area contributed by atoms with Crippen molar-refractivity contribution in [3.8, 4) is 0 Å². The molecule has 1 aromatic carbocycles. The minimum atomic E-state index is -1.25. The molecule has 0 radical (unpaired) electrons. The summed E-state index contributed by atoms with van der Waals surface area (Å²) in [6.07, 6.45) is 4.75. The van der Waals surface area contributed by atoms with Gasteiger partial charge in [0.2, 0.25) is 29.5 Å². The summed E-state index contributed by atoms with van der Waals surface area (Å²) < 4.78 is 12.0. The van der Waals surface area contributed by atoms with Crippen LogP contribution in [-0.2, 0) is 54.3 Å². The second kappa shape index (κ2) is 25.1.